The molecule has 216 valence electrons. The Morgan fingerprint density at radius 3 is 2.27 bits per heavy atom. The number of hydrogen-bond donors (Lipinski definition) is 2. The lowest BCUT2D eigenvalue weighted by molar-refractivity contribution is -0.137. The van der Waals surface area contributed by atoms with E-state index in [1.165, 1.54) is 6.07 Å². The van der Waals surface area contributed by atoms with Crippen molar-refractivity contribution >= 4 is 46.7 Å². The second kappa shape index (κ2) is 12.8. The van der Waals surface area contributed by atoms with E-state index in [-0.39, 0.29) is 54.6 Å². The van der Waals surface area contributed by atoms with Gasteiger partial charge in [0.25, 0.3) is 5.91 Å². The van der Waals surface area contributed by atoms with Gasteiger partial charge in [0.1, 0.15) is 6.04 Å². The second-order valence-electron chi connectivity index (χ2n) is 9.67. The van der Waals surface area contributed by atoms with Crippen LogP contribution in [0.25, 0.3) is 0 Å². The van der Waals surface area contributed by atoms with Crippen LogP contribution in [-0.4, -0.2) is 59.4 Å². The Morgan fingerprint density at radius 1 is 0.976 bits per heavy atom. The van der Waals surface area contributed by atoms with E-state index < -0.39 is 23.8 Å². The molecule has 1 saturated heterocycles. The molecule has 1 fully saturated rings. The number of piperazine rings is 1. The van der Waals surface area contributed by atoms with Crippen LogP contribution in [0.2, 0.25) is 10.0 Å². The molecule has 4 rings (SSSR count). The minimum atomic E-state index is -4.50. The van der Waals surface area contributed by atoms with E-state index in [0.717, 1.165) is 29.8 Å². The van der Waals surface area contributed by atoms with Gasteiger partial charge in [0.2, 0.25) is 5.91 Å². The highest BCUT2D eigenvalue weighted by Gasteiger charge is 2.34. The Hall–Kier alpha value is -3.76. The molecular weight excluding hydrogens is 580 g/mol. The summed E-state index contributed by atoms with van der Waals surface area (Å²) in [4.78, 5) is 42.8. The number of hydrogen-bond acceptors (Lipinski definition) is 3. The highest BCUT2D eigenvalue weighted by molar-refractivity contribution is 6.36. The Balaban J connectivity index is 1.45. The van der Waals surface area contributed by atoms with Crippen molar-refractivity contribution in [3.05, 3.63) is 99.5 Å². The first-order valence-corrected chi connectivity index (χ1v) is 13.5. The van der Waals surface area contributed by atoms with Crippen LogP contribution in [-0.2, 0) is 17.4 Å². The maximum absolute atomic E-state index is 13.6. The number of nitrogens with zero attached hydrogens (tertiary/aromatic N) is 2. The molecule has 0 aromatic heterocycles. The largest absolute Gasteiger partial charge is 0.416 e. The van der Waals surface area contributed by atoms with E-state index in [1.807, 2.05) is 37.3 Å². The lowest BCUT2D eigenvalue weighted by atomic mass is 10.0. The first kappa shape index (κ1) is 30.2. The number of urea groups is 1. The van der Waals surface area contributed by atoms with Gasteiger partial charge in [-0.2, -0.15) is 13.2 Å². The number of amides is 4. The molecule has 3 aromatic carbocycles. The fourth-order valence-corrected chi connectivity index (χ4v) is 5.10. The predicted molar refractivity (Wildman–Crippen MR) is 151 cm³/mol. The third-order valence-corrected chi connectivity index (χ3v) is 7.27. The molecule has 2 atom stereocenters. The fourth-order valence-electron chi connectivity index (χ4n) is 4.62. The van der Waals surface area contributed by atoms with Gasteiger partial charge >= 0.3 is 12.2 Å². The molecule has 0 radical (unpaired) electrons. The average molecular weight is 607 g/mol. The average Bonchev–Trinajstić information content (AvgIpc) is 2.92. The van der Waals surface area contributed by atoms with E-state index >= 15 is 0 Å². The monoisotopic (exact) mass is 606 g/mol. The molecule has 7 nitrogen and oxygen atoms in total. The summed E-state index contributed by atoms with van der Waals surface area (Å²) in [5, 5.41) is 5.81. The Kier molecular flexibility index (Phi) is 9.45. The highest BCUT2D eigenvalue weighted by atomic mass is 35.5. The minimum absolute atomic E-state index is 0.142. The number of anilines is 1. The van der Waals surface area contributed by atoms with Crippen molar-refractivity contribution in [3.63, 3.8) is 0 Å². The van der Waals surface area contributed by atoms with Crippen LogP contribution in [0.4, 0.5) is 23.7 Å². The zero-order valence-corrected chi connectivity index (χ0v) is 23.4. The Labute approximate surface area is 245 Å². The smallest absolute Gasteiger partial charge is 0.337 e. The summed E-state index contributed by atoms with van der Waals surface area (Å²) >= 11 is 12.2. The van der Waals surface area contributed by atoms with E-state index in [4.69, 9.17) is 23.2 Å². The first-order valence-electron chi connectivity index (χ1n) is 12.8. The number of benzene rings is 3. The maximum atomic E-state index is 13.6. The van der Waals surface area contributed by atoms with Crippen molar-refractivity contribution in [1.82, 2.24) is 15.1 Å². The standard InChI is InChI=1S/C29H27Cl2F3N4O3/c1-18-17-37(13-14-38(18)26(39)23-12-9-21(30)16-24(23)31)27(40)25(15-19-5-3-2-4-6-19)36-28(41)35-22-10-7-20(8-11-22)29(32,33)34/h2-12,16,18,25H,13-15,17H2,1H3,(H2,35,36,41). The molecule has 41 heavy (non-hydrogen) atoms. The summed E-state index contributed by atoms with van der Waals surface area (Å²) in [5.74, 6) is -0.624. The van der Waals surface area contributed by atoms with Gasteiger partial charge in [0, 0.05) is 42.8 Å². The highest BCUT2D eigenvalue weighted by Crippen LogP contribution is 2.30. The van der Waals surface area contributed by atoms with Crippen molar-refractivity contribution in [3.8, 4) is 0 Å². The van der Waals surface area contributed by atoms with E-state index in [1.54, 1.807) is 21.9 Å². The molecule has 0 saturated carbocycles. The van der Waals surface area contributed by atoms with Crippen molar-refractivity contribution in [1.29, 1.82) is 0 Å². The summed E-state index contributed by atoms with van der Waals surface area (Å²) in [6, 6.07) is 15.7. The number of nitrogens with one attached hydrogen (secondary N) is 2. The molecule has 0 aliphatic carbocycles. The van der Waals surface area contributed by atoms with E-state index in [2.05, 4.69) is 10.6 Å². The molecule has 2 unspecified atom stereocenters. The fraction of sp³-hybridized carbons (Fsp3) is 0.276. The quantitative estimate of drug-likeness (QED) is 0.355. The number of carbonyl (C=O) groups excluding carboxylic acids is 3. The Bertz CT molecular complexity index is 1400. The van der Waals surface area contributed by atoms with Gasteiger partial charge in [-0.25, -0.2) is 4.79 Å². The van der Waals surface area contributed by atoms with Gasteiger partial charge < -0.3 is 20.4 Å². The SMILES string of the molecule is CC1CN(C(=O)C(Cc2ccccc2)NC(=O)Nc2ccc(C(F)(F)F)cc2)CCN1C(=O)c1ccc(Cl)cc1Cl. The molecule has 1 aliphatic heterocycles. The number of alkyl halides is 3. The normalized spacial score (nSPS) is 16.2. The van der Waals surface area contributed by atoms with Crippen molar-refractivity contribution < 1.29 is 27.6 Å². The van der Waals surface area contributed by atoms with Crippen molar-refractivity contribution in [2.24, 2.45) is 0 Å². The summed E-state index contributed by atoms with van der Waals surface area (Å²) in [5.41, 5.74) is 0.417. The van der Waals surface area contributed by atoms with Crippen LogP contribution in [0.5, 0.6) is 0 Å². The molecule has 3 aromatic rings. The van der Waals surface area contributed by atoms with Crippen molar-refractivity contribution in [2.75, 3.05) is 25.0 Å². The molecular formula is C29H27Cl2F3N4O3. The Morgan fingerprint density at radius 2 is 1.66 bits per heavy atom. The van der Waals surface area contributed by atoms with Gasteiger partial charge in [0.05, 0.1) is 16.1 Å². The van der Waals surface area contributed by atoms with Crippen LogP contribution < -0.4 is 10.6 Å². The molecule has 4 amide bonds. The molecule has 1 aliphatic rings. The van der Waals surface area contributed by atoms with Gasteiger partial charge in [-0.15, -0.1) is 0 Å². The van der Waals surface area contributed by atoms with Crippen LogP contribution in [0.3, 0.4) is 0 Å². The third kappa shape index (κ3) is 7.71. The number of halogens is 5. The lowest BCUT2D eigenvalue weighted by Crippen LogP contribution is -2.59. The van der Waals surface area contributed by atoms with E-state index in [0.29, 0.717) is 10.6 Å². The first-order chi connectivity index (χ1) is 19.4. The van der Waals surface area contributed by atoms with Gasteiger partial charge in [-0.1, -0.05) is 53.5 Å². The zero-order valence-electron chi connectivity index (χ0n) is 21.9. The van der Waals surface area contributed by atoms with Crippen LogP contribution >= 0.6 is 23.2 Å². The summed E-state index contributed by atoms with van der Waals surface area (Å²) in [6.45, 7) is 2.52. The lowest BCUT2D eigenvalue weighted by Gasteiger charge is -2.41. The topological polar surface area (TPSA) is 81.8 Å². The van der Waals surface area contributed by atoms with Crippen LogP contribution in [0, 0.1) is 0 Å². The predicted octanol–water partition coefficient (Wildman–Crippen LogP) is 6.12. The van der Waals surface area contributed by atoms with Gasteiger partial charge in [0.15, 0.2) is 0 Å². The summed E-state index contributed by atoms with van der Waals surface area (Å²) < 4.78 is 38.6. The minimum Gasteiger partial charge on any atom is -0.337 e. The van der Waals surface area contributed by atoms with Crippen molar-refractivity contribution in [2.45, 2.75) is 31.6 Å². The molecule has 0 spiro atoms. The van der Waals surface area contributed by atoms with Gasteiger partial charge in [-0.05, 0) is 55.0 Å². The molecule has 1 heterocycles. The second-order valence-corrected chi connectivity index (χ2v) is 10.5. The zero-order chi connectivity index (χ0) is 29.7. The number of rotatable bonds is 6. The molecule has 2 N–H and O–H groups in total. The third-order valence-electron chi connectivity index (χ3n) is 6.72. The molecule has 12 heteroatoms. The number of carbonyl (C=O) groups is 3. The van der Waals surface area contributed by atoms with Crippen LogP contribution in [0.15, 0.2) is 72.8 Å². The van der Waals surface area contributed by atoms with Gasteiger partial charge in [-0.3, -0.25) is 9.59 Å². The maximum Gasteiger partial charge on any atom is 0.416 e. The van der Waals surface area contributed by atoms with Crippen LogP contribution in [0.1, 0.15) is 28.4 Å². The summed E-state index contributed by atoms with van der Waals surface area (Å²) in [7, 11) is 0. The summed E-state index contributed by atoms with van der Waals surface area (Å²) in [6.07, 6.45) is -4.31. The molecule has 0 bridgehead atoms. The van der Waals surface area contributed by atoms with E-state index in [9.17, 15) is 27.6 Å².